The molecule has 2 aliphatic rings. The van der Waals surface area contributed by atoms with Crippen LogP contribution < -0.4 is 5.32 Å². The van der Waals surface area contributed by atoms with Crippen LogP contribution in [0.4, 0.5) is 0 Å². The van der Waals surface area contributed by atoms with E-state index >= 15 is 0 Å². The SMILES string of the molecule is c1ccc(-c2n[nH]c(Cc3noc([C@@H]4C[C@@H]5CC[C@H]4N5)n3)n2)cc1. The van der Waals surface area contributed by atoms with Gasteiger partial charge in [-0.3, -0.25) is 5.10 Å². The van der Waals surface area contributed by atoms with Crippen LogP contribution >= 0.6 is 0 Å². The molecule has 0 saturated carbocycles. The van der Waals surface area contributed by atoms with Crippen molar-refractivity contribution in [2.75, 3.05) is 0 Å². The molecule has 0 amide bonds. The summed E-state index contributed by atoms with van der Waals surface area (Å²) in [6, 6.07) is 11.0. The average Bonchev–Trinajstić information content (AvgIpc) is 3.40. The molecule has 2 N–H and O–H groups in total. The minimum atomic E-state index is 0.361. The Hall–Kier alpha value is -2.54. The van der Waals surface area contributed by atoms with E-state index < -0.39 is 0 Å². The average molecular weight is 322 g/mol. The van der Waals surface area contributed by atoms with E-state index in [0.717, 1.165) is 23.7 Å². The molecule has 0 spiro atoms. The molecule has 24 heavy (non-hydrogen) atoms. The maximum Gasteiger partial charge on any atom is 0.231 e. The van der Waals surface area contributed by atoms with Gasteiger partial charge in [-0.25, -0.2) is 4.98 Å². The predicted molar refractivity (Wildman–Crippen MR) is 86.2 cm³/mol. The molecule has 0 aliphatic carbocycles. The summed E-state index contributed by atoms with van der Waals surface area (Å²) >= 11 is 0. The van der Waals surface area contributed by atoms with Gasteiger partial charge in [-0.15, -0.1) is 0 Å². The number of rotatable bonds is 4. The van der Waals surface area contributed by atoms with Crippen LogP contribution in [-0.2, 0) is 6.42 Å². The molecule has 3 aromatic rings. The van der Waals surface area contributed by atoms with E-state index in [9.17, 15) is 0 Å². The smallest absolute Gasteiger partial charge is 0.231 e. The van der Waals surface area contributed by atoms with Crippen molar-refractivity contribution in [2.45, 2.75) is 43.7 Å². The van der Waals surface area contributed by atoms with Crippen molar-refractivity contribution in [3.63, 3.8) is 0 Å². The van der Waals surface area contributed by atoms with Gasteiger partial charge in [0.15, 0.2) is 11.6 Å². The first-order valence-corrected chi connectivity index (χ1v) is 8.40. The van der Waals surface area contributed by atoms with Gasteiger partial charge in [0.25, 0.3) is 0 Å². The molecule has 4 heterocycles. The molecule has 2 aromatic heterocycles. The summed E-state index contributed by atoms with van der Waals surface area (Å²) in [6.07, 6.45) is 4.07. The van der Waals surface area contributed by atoms with E-state index in [0.29, 0.717) is 36.1 Å². The number of aromatic nitrogens is 5. The molecular formula is C17H18N6O. The molecule has 2 aliphatic heterocycles. The standard InChI is InChI=1S/C17H18N6O/c1-2-4-10(5-3-1)16-19-14(21-22-16)9-15-20-17(24-23-15)12-8-11-6-7-13(12)18-11/h1-5,11-13,18H,6-9H2,(H,19,21,22)/t11-,12+,13+/m0/s1. The van der Waals surface area contributed by atoms with Crippen molar-refractivity contribution in [1.29, 1.82) is 0 Å². The lowest BCUT2D eigenvalue weighted by atomic mass is 9.89. The molecule has 2 bridgehead atoms. The van der Waals surface area contributed by atoms with Crippen LogP contribution in [0.3, 0.4) is 0 Å². The fourth-order valence-corrected chi connectivity index (χ4v) is 3.83. The van der Waals surface area contributed by atoms with Crippen LogP contribution in [-0.4, -0.2) is 37.4 Å². The van der Waals surface area contributed by atoms with Gasteiger partial charge in [-0.1, -0.05) is 35.5 Å². The summed E-state index contributed by atoms with van der Waals surface area (Å²) in [6.45, 7) is 0. The van der Waals surface area contributed by atoms with Gasteiger partial charge in [0.1, 0.15) is 5.82 Å². The van der Waals surface area contributed by atoms with Crippen LogP contribution in [0.1, 0.15) is 42.7 Å². The number of nitrogens with one attached hydrogen (secondary N) is 2. The fourth-order valence-electron chi connectivity index (χ4n) is 3.83. The maximum atomic E-state index is 5.50. The molecular weight excluding hydrogens is 304 g/mol. The van der Waals surface area contributed by atoms with Crippen LogP contribution in [0.5, 0.6) is 0 Å². The molecule has 2 saturated heterocycles. The van der Waals surface area contributed by atoms with E-state index in [2.05, 4.69) is 30.6 Å². The van der Waals surface area contributed by atoms with Crippen molar-refractivity contribution in [1.82, 2.24) is 30.6 Å². The van der Waals surface area contributed by atoms with Gasteiger partial charge >= 0.3 is 0 Å². The van der Waals surface area contributed by atoms with Gasteiger partial charge in [-0.2, -0.15) is 10.1 Å². The number of fused-ring (bicyclic) bond motifs is 2. The van der Waals surface area contributed by atoms with Crippen molar-refractivity contribution in [2.24, 2.45) is 0 Å². The van der Waals surface area contributed by atoms with Crippen LogP contribution in [0.2, 0.25) is 0 Å². The number of H-pyrrole nitrogens is 1. The van der Waals surface area contributed by atoms with Crippen molar-refractivity contribution in [3.05, 3.63) is 47.9 Å². The Labute approximate surface area is 138 Å². The second kappa shape index (κ2) is 5.52. The third-order valence-corrected chi connectivity index (χ3v) is 4.99. The summed E-state index contributed by atoms with van der Waals surface area (Å²) in [5.41, 5.74) is 0.988. The van der Waals surface area contributed by atoms with Gasteiger partial charge in [0, 0.05) is 17.6 Å². The molecule has 122 valence electrons. The highest BCUT2D eigenvalue weighted by Crippen LogP contribution is 2.39. The highest BCUT2D eigenvalue weighted by atomic mass is 16.5. The van der Waals surface area contributed by atoms with Gasteiger partial charge in [-0.05, 0) is 19.3 Å². The lowest BCUT2D eigenvalue weighted by molar-refractivity contribution is 0.327. The largest absolute Gasteiger partial charge is 0.339 e. The lowest BCUT2D eigenvalue weighted by Gasteiger charge is -2.15. The minimum absolute atomic E-state index is 0.361. The number of aromatic amines is 1. The van der Waals surface area contributed by atoms with E-state index in [1.54, 1.807) is 0 Å². The summed E-state index contributed by atoms with van der Waals surface area (Å²) < 4.78 is 5.50. The third-order valence-electron chi connectivity index (χ3n) is 4.99. The van der Waals surface area contributed by atoms with Crippen molar-refractivity contribution < 1.29 is 4.52 Å². The molecule has 7 heteroatoms. The van der Waals surface area contributed by atoms with E-state index in [4.69, 9.17) is 4.52 Å². The third kappa shape index (κ3) is 2.41. The highest BCUT2D eigenvalue weighted by molar-refractivity contribution is 5.53. The van der Waals surface area contributed by atoms with E-state index in [1.807, 2.05) is 30.3 Å². The van der Waals surface area contributed by atoms with Crippen LogP contribution in [0.25, 0.3) is 11.4 Å². The second-order valence-corrected chi connectivity index (χ2v) is 6.59. The monoisotopic (exact) mass is 322 g/mol. The molecule has 0 unspecified atom stereocenters. The number of benzene rings is 1. The number of nitrogens with zero attached hydrogens (tertiary/aromatic N) is 4. The number of hydrogen-bond acceptors (Lipinski definition) is 6. The fraction of sp³-hybridized carbons (Fsp3) is 0.412. The van der Waals surface area contributed by atoms with Crippen molar-refractivity contribution >= 4 is 0 Å². The molecule has 1 aromatic carbocycles. The molecule has 5 rings (SSSR count). The maximum absolute atomic E-state index is 5.50. The second-order valence-electron chi connectivity index (χ2n) is 6.59. The zero-order valence-corrected chi connectivity index (χ0v) is 13.1. The lowest BCUT2D eigenvalue weighted by Crippen LogP contribution is -2.21. The molecule has 3 atom stereocenters. The van der Waals surface area contributed by atoms with Gasteiger partial charge < -0.3 is 9.84 Å². The first kappa shape index (κ1) is 13.9. The Kier molecular flexibility index (Phi) is 3.19. The summed E-state index contributed by atoms with van der Waals surface area (Å²) in [7, 11) is 0. The first-order chi connectivity index (χ1) is 11.8. The van der Waals surface area contributed by atoms with E-state index in [-0.39, 0.29) is 0 Å². The molecule has 0 radical (unpaired) electrons. The Morgan fingerprint density at radius 3 is 2.83 bits per heavy atom. The quantitative estimate of drug-likeness (QED) is 0.764. The minimum Gasteiger partial charge on any atom is -0.339 e. The summed E-state index contributed by atoms with van der Waals surface area (Å²) in [5.74, 6) is 3.20. The molecule has 7 nitrogen and oxygen atoms in total. The van der Waals surface area contributed by atoms with Crippen LogP contribution in [0.15, 0.2) is 34.9 Å². The zero-order valence-electron chi connectivity index (χ0n) is 13.1. The first-order valence-electron chi connectivity index (χ1n) is 8.40. The zero-order chi connectivity index (χ0) is 15.9. The summed E-state index contributed by atoms with van der Waals surface area (Å²) in [5, 5.41) is 14.9. The van der Waals surface area contributed by atoms with E-state index in [1.165, 1.54) is 12.8 Å². The van der Waals surface area contributed by atoms with Gasteiger partial charge in [0.2, 0.25) is 5.89 Å². The Morgan fingerprint density at radius 2 is 2.04 bits per heavy atom. The highest BCUT2D eigenvalue weighted by Gasteiger charge is 2.42. The van der Waals surface area contributed by atoms with Crippen molar-refractivity contribution in [3.8, 4) is 11.4 Å². The Balaban J connectivity index is 1.31. The predicted octanol–water partition coefficient (Wildman–Crippen LogP) is 2.05. The Morgan fingerprint density at radius 1 is 1.12 bits per heavy atom. The Bertz CT molecular complexity index is 842. The number of hydrogen-bond donors (Lipinski definition) is 2. The molecule has 2 fully saturated rings. The van der Waals surface area contributed by atoms with Crippen LogP contribution in [0, 0.1) is 0 Å². The van der Waals surface area contributed by atoms with Gasteiger partial charge in [0.05, 0.1) is 12.3 Å². The topological polar surface area (TPSA) is 92.5 Å². The normalized spacial score (nSPS) is 25.4. The summed E-state index contributed by atoms with van der Waals surface area (Å²) in [4.78, 5) is 9.10.